The summed E-state index contributed by atoms with van der Waals surface area (Å²) in [5.74, 6) is -0.447. The van der Waals surface area contributed by atoms with Gasteiger partial charge in [0.2, 0.25) is 0 Å². The summed E-state index contributed by atoms with van der Waals surface area (Å²) in [7, 11) is 0. The normalized spacial score (nSPS) is 12.0. The standard InChI is InChI=1S/C26H23Cl2N3O/c1-26(2,3)23(31-25(32)20-13-14-22(27)30-24(20)28)21(16-29)19-11-9-18(10-12-19)15-17-7-5-4-6-8-17/h4-14H,15H2,1-3H3,(H,31,32). The summed E-state index contributed by atoms with van der Waals surface area (Å²) in [5.41, 5.74) is 3.67. The lowest BCUT2D eigenvalue weighted by molar-refractivity contribution is 0.0958. The van der Waals surface area contributed by atoms with Crippen molar-refractivity contribution in [3.63, 3.8) is 0 Å². The van der Waals surface area contributed by atoms with E-state index in [2.05, 4.69) is 28.5 Å². The Kier molecular flexibility index (Phi) is 7.35. The summed E-state index contributed by atoms with van der Waals surface area (Å²) < 4.78 is 0. The van der Waals surface area contributed by atoms with Crippen LogP contribution in [0, 0.1) is 16.7 Å². The largest absolute Gasteiger partial charge is 0.324 e. The predicted molar refractivity (Wildman–Crippen MR) is 129 cm³/mol. The van der Waals surface area contributed by atoms with Gasteiger partial charge >= 0.3 is 0 Å². The maximum Gasteiger partial charge on any atom is 0.258 e. The van der Waals surface area contributed by atoms with Crippen LogP contribution in [-0.4, -0.2) is 10.9 Å². The Morgan fingerprint density at radius 2 is 1.59 bits per heavy atom. The number of benzene rings is 2. The molecule has 0 radical (unpaired) electrons. The van der Waals surface area contributed by atoms with Crippen molar-refractivity contribution in [3.8, 4) is 6.07 Å². The van der Waals surface area contributed by atoms with E-state index in [0.717, 1.165) is 17.5 Å². The molecule has 0 spiro atoms. The van der Waals surface area contributed by atoms with Crippen LogP contribution in [0.25, 0.3) is 5.57 Å². The number of rotatable bonds is 5. The van der Waals surface area contributed by atoms with Gasteiger partial charge in [0.15, 0.2) is 0 Å². The average Bonchev–Trinajstić information content (AvgIpc) is 2.74. The van der Waals surface area contributed by atoms with Crippen molar-refractivity contribution >= 4 is 34.7 Å². The molecular weight excluding hydrogens is 441 g/mol. The number of amides is 1. The topological polar surface area (TPSA) is 65.8 Å². The maximum absolute atomic E-state index is 12.9. The van der Waals surface area contributed by atoms with Crippen molar-refractivity contribution in [1.29, 1.82) is 5.26 Å². The summed E-state index contributed by atoms with van der Waals surface area (Å²) in [6.07, 6.45) is 0.803. The van der Waals surface area contributed by atoms with Crippen LogP contribution in [0.15, 0.2) is 72.4 Å². The highest BCUT2D eigenvalue weighted by Crippen LogP contribution is 2.31. The van der Waals surface area contributed by atoms with Crippen LogP contribution in [0.4, 0.5) is 0 Å². The lowest BCUT2D eigenvalue weighted by atomic mass is 9.86. The van der Waals surface area contributed by atoms with Gasteiger partial charge in [-0.15, -0.1) is 0 Å². The quantitative estimate of drug-likeness (QED) is 0.338. The highest BCUT2D eigenvalue weighted by molar-refractivity contribution is 6.34. The summed E-state index contributed by atoms with van der Waals surface area (Å²) >= 11 is 11.9. The van der Waals surface area contributed by atoms with Crippen LogP contribution in [0.3, 0.4) is 0 Å². The van der Waals surface area contributed by atoms with Gasteiger partial charge in [0.1, 0.15) is 16.4 Å². The third-order valence-corrected chi connectivity index (χ3v) is 5.40. The molecule has 0 fully saturated rings. The van der Waals surface area contributed by atoms with E-state index in [4.69, 9.17) is 23.2 Å². The van der Waals surface area contributed by atoms with Gasteiger partial charge in [-0.25, -0.2) is 4.98 Å². The zero-order chi connectivity index (χ0) is 23.3. The number of pyridine rings is 1. The first-order chi connectivity index (χ1) is 15.2. The van der Waals surface area contributed by atoms with Crippen molar-refractivity contribution in [2.24, 2.45) is 5.41 Å². The molecule has 0 aliphatic rings. The predicted octanol–water partition coefficient (Wildman–Crippen LogP) is 6.69. The molecular formula is C26H23Cl2N3O. The molecule has 1 heterocycles. The van der Waals surface area contributed by atoms with Gasteiger partial charge in [0, 0.05) is 11.1 Å². The van der Waals surface area contributed by atoms with E-state index < -0.39 is 11.3 Å². The number of allylic oxidation sites excluding steroid dienone is 2. The molecule has 0 saturated carbocycles. The third kappa shape index (κ3) is 5.76. The number of nitrogens with zero attached hydrogens (tertiary/aromatic N) is 2. The molecule has 162 valence electrons. The fourth-order valence-electron chi connectivity index (χ4n) is 3.27. The fourth-order valence-corrected chi connectivity index (χ4v) is 3.70. The molecule has 0 saturated heterocycles. The summed E-state index contributed by atoms with van der Waals surface area (Å²) in [5, 5.41) is 13.1. The smallest absolute Gasteiger partial charge is 0.258 e. The molecule has 3 aromatic rings. The molecule has 0 atom stereocenters. The van der Waals surface area contributed by atoms with Crippen LogP contribution in [-0.2, 0) is 6.42 Å². The van der Waals surface area contributed by atoms with Crippen LogP contribution in [0.2, 0.25) is 10.3 Å². The molecule has 0 aliphatic heterocycles. The van der Waals surface area contributed by atoms with E-state index in [1.807, 2.05) is 63.2 Å². The van der Waals surface area contributed by atoms with Gasteiger partial charge in [-0.2, -0.15) is 5.26 Å². The molecule has 0 aliphatic carbocycles. The van der Waals surface area contributed by atoms with Gasteiger partial charge in [0.05, 0.1) is 11.1 Å². The van der Waals surface area contributed by atoms with E-state index >= 15 is 0 Å². The number of nitriles is 1. The fraction of sp³-hybridized carbons (Fsp3) is 0.192. The lowest BCUT2D eigenvalue weighted by Gasteiger charge is -2.25. The molecule has 32 heavy (non-hydrogen) atoms. The van der Waals surface area contributed by atoms with Crippen molar-refractivity contribution in [2.75, 3.05) is 0 Å². The van der Waals surface area contributed by atoms with Gasteiger partial charge in [0.25, 0.3) is 5.91 Å². The average molecular weight is 464 g/mol. The number of carbonyl (C=O) groups is 1. The van der Waals surface area contributed by atoms with Gasteiger partial charge in [-0.1, -0.05) is 98.6 Å². The lowest BCUT2D eigenvalue weighted by Crippen LogP contribution is -2.31. The second kappa shape index (κ2) is 9.99. The van der Waals surface area contributed by atoms with Crippen molar-refractivity contribution in [2.45, 2.75) is 27.2 Å². The van der Waals surface area contributed by atoms with E-state index in [1.54, 1.807) is 0 Å². The van der Waals surface area contributed by atoms with E-state index in [0.29, 0.717) is 11.3 Å². The van der Waals surface area contributed by atoms with Crippen molar-refractivity contribution < 1.29 is 4.79 Å². The third-order valence-electron chi connectivity index (χ3n) is 4.90. The Morgan fingerprint density at radius 3 is 2.16 bits per heavy atom. The second-order valence-corrected chi connectivity index (χ2v) is 9.14. The number of hydrogen-bond acceptors (Lipinski definition) is 3. The van der Waals surface area contributed by atoms with Crippen LogP contribution < -0.4 is 5.32 Å². The molecule has 0 bridgehead atoms. The van der Waals surface area contributed by atoms with Crippen LogP contribution in [0.1, 0.15) is 47.8 Å². The zero-order valence-corrected chi connectivity index (χ0v) is 19.6. The Morgan fingerprint density at radius 1 is 0.969 bits per heavy atom. The summed E-state index contributed by atoms with van der Waals surface area (Å²) in [6, 6.07) is 23.3. The Balaban J connectivity index is 1.94. The van der Waals surface area contributed by atoms with Gasteiger partial charge in [-0.3, -0.25) is 4.79 Å². The SMILES string of the molecule is CC(C)(C)C(NC(=O)c1ccc(Cl)nc1Cl)=C(C#N)c1ccc(Cc2ccccc2)cc1. The number of carbonyl (C=O) groups excluding carboxylic acids is 1. The first-order valence-corrected chi connectivity index (χ1v) is 10.9. The maximum atomic E-state index is 12.9. The minimum atomic E-state index is -0.504. The number of aromatic nitrogens is 1. The highest BCUT2D eigenvalue weighted by atomic mass is 35.5. The van der Waals surface area contributed by atoms with E-state index in [9.17, 15) is 10.1 Å². The number of halogens is 2. The minimum absolute atomic E-state index is 0.00651. The van der Waals surface area contributed by atoms with Crippen molar-refractivity contribution in [1.82, 2.24) is 10.3 Å². The van der Waals surface area contributed by atoms with Gasteiger partial charge in [-0.05, 0) is 35.2 Å². The van der Waals surface area contributed by atoms with Crippen LogP contribution >= 0.6 is 23.2 Å². The van der Waals surface area contributed by atoms with E-state index in [1.165, 1.54) is 17.7 Å². The molecule has 1 N–H and O–H groups in total. The monoisotopic (exact) mass is 463 g/mol. The second-order valence-electron chi connectivity index (χ2n) is 8.40. The Hall–Kier alpha value is -3.13. The van der Waals surface area contributed by atoms with Crippen molar-refractivity contribution in [3.05, 3.63) is 105 Å². The molecule has 6 heteroatoms. The first-order valence-electron chi connectivity index (χ1n) is 10.1. The molecule has 4 nitrogen and oxygen atoms in total. The van der Waals surface area contributed by atoms with E-state index in [-0.39, 0.29) is 15.9 Å². The summed E-state index contributed by atoms with van der Waals surface area (Å²) in [4.78, 5) is 16.8. The van der Waals surface area contributed by atoms with Gasteiger partial charge < -0.3 is 5.32 Å². The van der Waals surface area contributed by atoms with Crippen LogP contribution in [0.5, 0.6) is 0 Å². The Bertz CT molecular complexity index is 1190. The number of hydrogen-bond donors (Lipinski definition) is 1. The molecule has 0 unspecified atom stereocenters. The summed E-state index contributed by atoms with van der Waals surface area (Å²) in [6.45, 7) is 5.81. The Labute approximate surface area is 198 Å². The number of nitrogens with one attached hydrogen (secondary N) is 1. The highest BCUT2D eigenvalue weighted by Gasteiger charge is 2.26. The molecule has 1 amide bonds. The molecule has 3 rings (SSSR count). The minimum Gasteiger partial charge on any atom is -0.324 e. The first kappa shape index (κ1) is 23.5. The zero-order valence-electron chi connectivity index (χ0n) is 18.1. The molecule has 2 aromatic carbocycles. The molecule has 1 aromatic heterocycles.